The Labute approximate surface area is 149 Å². The Morgan fingerprint density at radius 3 is 2.50 bits per heavy atom. The Hall–Kier alpha value is -3.74. The molecule has 0 atom stereocenters. The van der Waals surface area contributed by atoms with E-state index < -0.39 is 5.91 Å². The van der Waals surface area contributed by atoms with Gasteiger partial charge in [-0.2, -0.15) is 0 Å². The van der Waals surface area contributed by atoms with Gasteiger partial charge in [0.15, 0.2) is 0 Å². The number of nitrogens with zero attached hydrogens (tertiary/aromatic N) is 2. The van der Waals surface area contributed by atoms with Gasteiger partial charge in [-0.25, -0.2) is 0 Å². The van der Waals surface area contributed by atoms with Crippen LogP contribution in [0.1, 0.15) is 15.9 Å². The minimum atomic E-state index is -0.569. The SMILES string of the molecule is NC(=O)c1ccccc1CC(=O)Nc1ccc(-n2ccncc2=O)cc1. The molecule has 0 unspecified atom stereocenters. The Morgan fingerprint density at radius 2 is 1.81 bits per heavy atom. The molecule has 0 fully saturated rings. The fraction of sp³-hybridized carbons (Fsp3) is 0.0526. The summed E-state index contributed by atoms with van der Waals surface area (Å²) in [5.41, 5.74) is 7.22. The molecule has 130 valence electrons. The van der Waals surface area contributed by atoms with Crippen LogP contribution in [-0.2, 0) is 11.2 Å². The van der Waals surface area contributed by atoms with Gasteiger partial charge in [0, 0.05) is 29.3 Å². The fourth-order valence-corrected chi connectivity index (χ4v) is 2.56. The van der Waals surface area contributed by atoms with Crippen molar-refractivity contribution in [2.24, 2.45) is 5.73 Å². The molecular formula is C19H16N4O3. The lowest BCUT2D eigenvalue weighted by Crippen LogP contribution is -2.19. The number of nitrogens with two attached hydrogens (primary N) is 1. The Bertz CT molecular complexity index is 1010. The highest BCUT2D eigenvalue weighted by molar-refractivity contribution is 5.98. The van der Waals surface area contributed by atoms with Gasteiger partial charge < -0.3 is 11.1 Å². The van der Waals surface area contributed by atoms with Gasteiger partial charge in [-0.3, -0.25) is 23.9 Å². The van der Waals surface area contributed by atoms with Crippen LogP contribution < -0.4 is 16.6 Å². The lowest BCUT2D eigenvalue weighted by Gasteiger charge is -2.09. The van der Waals surface area contributed by atoms with E-state index in [-0.39, 0.29) is 17.9 Å². The first kappa shape index (κ1) is 17.1. The zero-order valence-corrected chi connectivity index (χ0v) is 13.8. The zero-order valence-electron chi connectivity index (χ0n) is 13.8. The van der Waals surface area contributed by atoms with Crippen LogP contribution in [0.2, 0.25) is 0 Å². The van der Waals surface area contributed by atoms with Crippen molar-refractivity contribution in [3.63, 3.8) is 0 Å². The van der Waals surface area contributed by atoms with Crippen LogP contribution in [0.25, 0.3) is 5.69 Å². The zero-order chi connectivity index (χ0) is 18.5. The van der Waals surface area contributed by atoms with E-state index in [0.29, 0.717) is 22.5 Å². The third-order valence-corrected chi connectivity index (χ3v) is 3.79. The number of anilines is 1. The predicted octanol–water partition coefficient (Wildman–Crippen LogP) is 1.51. The molecule has 0 aliphatic carbocycles. The molecule has 3 rings (SSSR count). The van der Waals surface area contributed by atoms with E-state index in [4.69, 9.17) is 5.73 Å². The maximum Gasteiger partial charge on any atom is 0.273 e. The minimum absolute atomic E-state index is 0.0324. The molecule has 7 heteroatoms. The van der Waals surface area contributed by atoms with E-state index in [2.05, 4.69) is 10.3 Å². The summed E-state index contributed by atoms with van der Waals surface area (Å²) < 4.78 is 1.45. The predicted molar refractivity (Wildman–Crippen MR) is 97.1 cm³/mol. The van der Waals surface area contributed by atoms with Crippen LogP contribution in [0, 0.1) is 0 Å². The van der Waals surface area contributed by atoms with E-state index in [1.165, 1.54) is 17.0 Å². The van der Waals surface area contributed by atoms with Crippen molar-refractivity contribution in [1.29, 1.82) is 0 Å². The maximum atomic E-state index is 12.2. The van der Waals surface area contributed by atoms with E-state index in [1.807, 2.05) is 0 Å². The van der Waals surface area contributed by atoms with Gasteiger partial charge in [0.1, 0.15) is 0 Å². The first-order valence-electron chi connectivity index (χ1n) is 7.85. The lowest BCUT2D eigenvalue weighted by molar-refractivity contribution is -0.115. The molecule has 3 N–H and O–H groups in total. The molecule has 0 saturated heterocycles. The summed E-state index contributed by atoms with van der Waals surface area (Å²) in [4.78, 5) is 39.2. The molecule has 1 aromatic heterocycles. The highest BCUT2D eigenvalue weighted by Gasteiger charge is 2.11. The van der Waals surface area contributed by atoms with Crippen LogP contribution in [0.3, 0.4) is 0 Å². The smallest absolute Gasteiger partial charge is 0.273 e. The van der Waals surface area contributed by atoms with Gasteiger partial charge in [0.2, 0.25) is 11.8 Å². The second kappa shape index (κ2) is 7.43. The molecule has 2 amide bonds. The number of benzene rings is 2. The van der Waals surface area contributed by atoms with Crippen molar-refractivity contribution in [2.75, 3.05) is 5.32 Å². The lowest BCUT2D eigenvalue weighted by atomic mass is 10.0. The minimum Gasteiger partial charge on any atom is -0.366 e. The molecule has 2 aromatic carbocycles. The summed E-state index contributed by atoms with van der Waals surface area (Å²) in [6, 6.07) is 13.5. The Morgan fingerprint density at radius 1 is 1.08 bits per heavy atom. The highest BCUT2D eigenvalue weighted by Crippen LogP contribution is 2.14. The molecule has 0 saturated carbocycles. The summed E-state index contributed by atoms with van der Waals surface area (Å²) >= 11 is 0. The summed E-state index contributed by atoms with van der Waals surface area (Å²) in [6.07, 6.45) is 4.35. The number of amides is 2. The van der Waals surface area contributed by atoms with Crippen LogP contribution in [-0.4, -0.2) is 21.4 Å². The van der Waals surface area contributed by atoms with Crippen molar-refractivity contribution in [2.45, 2.75) is 6.42 Å². The third kappa shape index (κ3) is 3.84. The van der Waals surface area contributed by atoms with Crippen molar-refractivity contribution >= 4 is 17.5 Å². The van der Waals surface area contributed by atoms with Crippen molar-refractivity contribution in [3.05, 3.63) is 88.6 Å². The van der Waals surface area contributed by atoms with Gasteiger partial charge in [0.25, 0.3) is 5.56 Å². The van der Waals surface area contributed by atoms with Gasteiger partial charge >= 0.3 is 0 Å². The summed E-state index contributed by atoms with van der Waals surface area (Å²) in [5.74, 6) is -0.840. The summed E-state index contributed by atoms with van der Waals surface area (Å²) in [7, 11) is 0. The molecule has 0 bridgehead atoms. The van der Waals surface area contributed by atoms with Crippen molar-refractivity contribution in [1.82, 2.24) is 9.55 Å². The van der Waals surface area contributed by atoms with E-state index in [9.17, 15) is 14.4 Å². The topological polar surface area (TPSA) is 107 Å². The molecule has 3 aromatic rings. The molecule has 26 heavy (non-hydrogen) atoms. The summed E-state index contributed by atoms with van der Waals surface area (Å²) in [6.45, 7) is 0. The standard InChI is InChI=1S/C19H16N4O3/c20-19(26)16-4-2-1-3-13(16)11-17(24)22-14-5-7-15(8-6-14)23-10-9-21-12-18(23)25/h1-10,12H,11H2,(H2,20,26)(H,22,24). The number of nitrogens with one attached hydrogen (secondary N) is 1. The van der Waals surface area contributed by atoms with Crippen LogP contribution in [0.4, 0.5) is 5.69 Å². The first-order valence-corrected chi connectivity index (χ1v) is 7.85. The fourth-order valence-electron chi connectivity index (χ4n) is 2.56. The van der Waals surface area contributed by atoms with Gasteiger partial charge in [-0.1, -0.05) is 18.2 Å². The number of carbonyl (C=O) groups excluding carboxylic acids is 2. The van der Waals surface area contributed by atoms with Gasteiger partial charge in [-0.05, 0) is 35.9 Å². The highest BCUT2D eigenvalue weighted by atomic mass is 16.2. The largest absolute Gasteiger partial charge is 0.366 e. The number of hydrogen-bond acceptors (Lipinski definition) is 4. The quantitative estimate of drug-likeness (QED) is 0.729. The molecule has 0 radical (unpaired) electrons. The molecule has 7 nitrogen and oxygen atoms in total. The molecule has 0 aliphatic heterocycles. The van der Waals surface area contributed by atoms with Crippen LogP contribution in [0.15, 0.2) is 71.9 Å². The average molecular weight is 348 g/mol. The molecule has 0 spiro atoms. The maximum absolute atomic E-state index is 12.2. The monoisotopic (exact) mass is 348 g/mol. The van der Waals surface area contributed by atoms with Crippen LogP contribution in [0.5, 0.6) is 0 Å². The Kier molecular flexibility index (Phi) is 4.89. The van der Waals surface area contributed by atoms with Gasteiger partial charge in [0.05, 0.1) is 12.6 Å². The van der Waals surface area contributed by atoms with Gasteiger partial charge in [-0.15, -0.1) is 0 Å². The van der Waals surface area contributed by atoms with Crippen LogP contribution >= 0.6 is 0 Å². The Balaban J connectivity index is 1.72. The second-order valence-corrected chi connectivity index (χ2v) is 5.58. The van der Waals surface area contributed by atoms with E-state index >= 15 is 0 Å². The normalized spacial score (nSPS) is 10.3. The molecule has 1 heterocycles. The number of primary amides is 1. The van der Waals surface area contributed by atoms with E-state index in [1.54, 1.807) is 54.7 Å². The number of rotatable bonds is 5. The molecule has 0 aliphatic rings. The average Bonchev–Trinajstić information content (AvgIpc) is 2.63. The van der Waals surface area contributed by atoms with Crippen molar-refractivity contribution < 1.29 is 9.59 Å². The first-order chi connectivity index (χ1) is 12.5. The molecular weight excluding hydrogens is 332 g/mol. The number of carbonyl (C=O) groups is 2. The second-order valence-electron chi connectivity index (χ2n) is 5.58. The number of aromatic nitrogens is 2. The summed E-state index contributed by atoms with van der Waals surface area (Å²) in [5, 5.41) is 2.76. The van der Waals surface area contributed by atoms with Crippen molar-refractivity contribution in [3.8, 4) is 5.69 Å². The number of hydrogen-bond donors (Lipinski definition) is 2. The third-order valence-electron chi connectivity index (χ3n) is 3.79. The van der Waals surface area contributed by atoms with E-state index in [0.717, 1.165) is 0 Å².